The minimum atomic E-state index is -0.420. The van der Waals surface area contributed by atoms with Crippen LogP contribution in [0.25, 0.3) is 10.2 Å². The molecule has 6 rings (SSSR count). The largest absolute Gasteiger partial charge is 0.393 e. The summed E-state index contributed by atoms with van der Waals surface area (Å²) in [7, 11) is 0. The van der Waals surface area contributed by atoms with Crippen LogP contribution in [0.1, 0.15) is 36.9 Å². The Morgan fingerprint density at radius 1 is 1.00 bits per heavy atom. The molecule has 2 aromatic heterocycles. The molecule has 1 aliphatic carbocycles. The summed E-state index contributed by atoms with van der Waals surface area (Å²) in [5.74, 6) is 0.888. The van der Waals surface area contributed by atoms with E-state index < -0.39 is 6.03 Å². The fourth-order valence-electron chi connectivity index (χ4n) is 4.82. The average Bonchev–Trinajstić information content (AvgIpc) is 3.46. The number of anilines is 4. The number of urea groups is 1. The maximum atomic E-state index is 12.1. The van der Waals surface area contributed by atoms with Gasteiger partial charge in [-0.1, -0.05) is 41.7 Å². The maximum Gasteiger partial charge on any atom is 0.329 e. The van der Waals surface area contributed by atoms with E-state index in [4.69, 9.17) is 9.97 Å². The number of nitrogens with one attached hydrogen (secondary N) is 3. The number of hydrogen-bond acceptors (Lipinski definition) is 9. The van der Waals surface area contributed by atoms with E-state index in [0.29, 0.717) is 29.0 Å². The smallest absolute Gasteiger partial charge is 0.329 e. The number of aromatic nitrogens is 3. The van der Waals surface area contributed by atoms with Crippen molar-refractivity contribution >= 4 is 56.1 Å². The molecular weight excluding hydrogens is 502 g/mol. The number of aliphatic hydroxyl groups is 1. The summed E-state index contributed by atoms with van der Waals surface area (Å²) in [4.78, 5) is 39.5. The van der Waals surface area contributed by atoms with Crippen molar-refractivity contribution in [2.24, 2.45) is 0 Å². The van der Waals surface area contributed by atoms with Crippen molar-refractivity contribution in [1.82, 2.24) is 20.3 Å². The Labute approximate surface area is 223 Å². The number of carbonyl (C=O) groups excluding carboxylic acids is 2. The number of rotatable bonds is 7. The van der Waals surface area contributed by atoms with Crippen LogP contribution in [-0.2, 0) is 11.2 Å². The highest BCUT2D eigenvalue weighted by Crippen LogP contribution is 2.32. The van der Waals surface area contributed by atoms with Gasteiger partial charge in [0, 0.05) is 18.5 Å². The van der Waals surface area contributed by atoms with Crippen LogP contribution in [-0.4, -0.2) is 50.7 Å². The normalized spacial score (nSPS) is 19.6. The molecule has 3 heterocycles. The molecule has 3 amide bonds. The molecule has 11 heteroatoms. The van der Waals surface area contributed by atoms with Crippen LogP contribution in [0.4, 0.5) is 27.4 Å². The average molecular weight is 530 g/mol. The first-order valence-electron chi connectivity index (χ1n) is 12.6. The number of aliphatic hydroxyl groups excluding tert-OH is 1. The second kappa shape index (κ2) is 10.3. The van der Waals surface area contributed by atoms with Gasteiger partial charge in [-0.05, 0) is 49.4 Å². The standard InChI is InChI=1S/C27H27N7O3S/c35-20-9-6-17(7-10-20)29-25-30-18(12-16-4-2-1-3-5-16)13-23(32-25)33-26-31-21-11-8-19(14-22(21)38-26)34-24(36)15-28-27(34)37/h1-5,8,11,13-14,17,20,35H,6-7,9-10,12,15H2,(H,28,37)(H2,29,30,31,32,33)/t17-,20-. The Kier molecular flexibility index (Phi) is 6.61. The Hall–Kier alpha value is -4.09. The second-order valence-electron chi connectivity index (χ2n) is 9.56. The quantitative estimate of drug-likeness (QED) is 0.262. The zero-order valence-electron chi connectivity index (χ0n) is 20.6. The fraction of sp³-hybridized carbons (Fsp3) is 0.296. The lowest BCUT2D eigenvalue weighted by Gasteiger charge is -2.26. The van der Waals surface area contributed by atoms with Crippen LogP contribution >= 0.6 is 11.3 Å². The second-order valence-corrected chi connectivity index (χ2v) is 10.6. The predicted octanol–water partition coefficient (Wildman–Crippen LogP) is 4.19. The fourth-order valence-corrected chi connectivity index (χ4v) is 5.73. The minimum Gasteiger partial charge on any atom is -0.393 e. The van der Waals surface area contributed by atoms with E-state index in [1.165, 1.54) is 11.3 Å². The van der Waals surface area contributed by atoms with Crippen LogP contribution in [0.5, 0.6) is 0 Å². The zero-order valence-corrected chi connectivity index (χ0v) is 21.4. The van der Waals surface area contributed by atoms with Crippen molar-refractivity contribution < 1.29 is 14.7 Å². The highest BCUT2D eigenvalue weighted by atomic mass is 32.1. The SMILES string of the molecule is O=C1CNC(=O)N1c1ccc2nc(Nc3cc(Cc4ccccc4)nc(N[C@H]4CC[C@H](O)CC4)n3)sc2c1. The molecule has 10 nitrogen and oxygen atoms in total. The third-order valence-electron chi connectivity index (χ3n) is 6.75. The maximum absolute atomic E-state index is 12.1. The van der Waals surface area contributed by atoms with Crippen molar-refractivity contribution in [1.29, 1.82) is 0 Å². The minimum absolute atomic E-state index is 0.00318. The Morgan fingerprint density at radius 2 is 1.82 bits per heavy atom. The van der Waals surface area contributed by atoms with Crippen molar-refractivity contribution in [2.45, 2.75) is 44.2 Å². The van der Waals surface area contributed by atoms with Gasteiger partial charge in [0.2, 0.25) is 5.95 Å². The van der Waals surface area contributed by atoms with Crippen LogP contribution in [0.15, 0.2) is 54.6 Å². The molecule has 0 radical (unpaired) electrons. The summed E-state index contributed by atoms with van der Waals surface area (Å²) >= 11 is 1.42. The highest BCUT2D eigenvalue weighted by Gasteiger charge is 2.30. The molecule has 1 aliphatic heterocycles. The molecule has 1 saturated heterocycles. The molecule has 38 heavy (non-hydrogen) atoms. The van der Waals surface area contributed by atoms with E-state index in [2.05, 4.69) is 33.1 Å². The monoisotopic (exact) mass is 529 g/mol. The topological polar surface area (TPSA) is 132 Å². The van der Waals surface area contributed by atoms with Crippen LogP contribution in [0, 0.1) is 0 Å². The predicted molar refractivity (Wildman–Crippen MR) is 147 cm³/mol. The third-order valence-corrected chi connectivity index (χ3v) is 7.68. The van der Waals surface area contributed by atoms with Gasteiger partial charge in [-0.2, -0.15) is 4.98 Å². The highest BCUT2D eigenvalue weighted by molar-refractivity contribution is 7.22. The number of nitrogens with zero attached hydrogens (tertiary/aromatic N) is 4. The summed E-state index contributed by atoms with van der Waals surface area (Å²) in [6, 6.07) is 17.2. The molecule has 0 atom stereocenters. The first-order chi connectivity index (χ1) is 18.5. The molecule has 2 fully saturated rings. The Bertz CT molecular complexity index is 1470. The first-order valence-corrected chi connectivity index (χ1v) is 13.5. The molecule has 1 saturated carbocycles. The van der Waals surface area contributed by atoms with E-state index in [-0.39, 0.29) is 24.6 Å². The van der Waals surface area contributed by atoms with Crippen LogP contribution in [0.3, 0.4) is 0 Å². The van der Waals surface area contributed by atoms with E-state index in [1.54, 1.807) is 18.2 Å². The molecule has 0 spiro atoms. The van der Waals surface area contributed by atoms with Gasteiger partial charge >= 0.3 is 6.03 Å². The third kappa shape index (κ3) is 5.29. The summed E-state index contributed by atoms with van der Waals surface area (Å²) < 4.78 is 0.843. The molecule has 0 unspecified atom stereocenters. The van der Waals surface area contributed by atoms with Gasteiger partial charge in [0.1, 0.15) is 5.82 Å². The van der Waals surface area contributed by atoms with Crippen molar-refractivity contribution in [3.05, 3.63) is 65.9 Å². The van der Waals surface area contributed by atoms with Gasteiger partial charge in [-0.3, -0.25) is 4.79 Å². The van der Waals surface area contributed by atoms with Crippen molar-refractivity contribution in [3.8, 4) is 0 Å². The lowest BCUT2D eigenvalue weighted by atomic mass is 9.93. The molecule has 4 N–H and O–H groups in total. The van der Waals surface area contributed by atoms with Crippen molar-refractivity contribution in [2.75, 3.05) is 22.1 Å². The Balaban J connectivity index is 1.26. The number of carbonyl (C=O) groups is 2. The first kappa shape index (κ1) is 24.3. The lowest BCUT2D eigenvalue weighted by molar-refractivity contribution is -0.115. The van der Waals surface area contributed by atoms with Gasteiger partial charge in [0.25, 0.3) is 5.91 Å². The van der Waals surface area contributed by atoms with Gasteiger partial charge in [-0.15, -0.1) is 0 Å². The summed E-state index contributed by atoms with van der Waals surface area (Å²) in [6.07, 6.45) is 3.70. The summed E-state index contributed by atoms with van der Waals surface area (Å²) in [6.45, 7) is 0.00318. The number of thiazole rings is 1. The van der Waals surface area contributed by atoms with E-state index in [1.807, 2.05) is 24.3 Å². The molecule has 2 aliphatic rings. The van der Waals surface area contributed by atoms with Crippen LogP contribution < -0.4 is 20.9 Å². The van der Waals surface area contributed by atoms with Gasteiger partial charge in [0.15, 0.2) is 5.13 Å². The van der Waals surface area contributed by atoms with Crippen molar-refractivity contribution in [3.63, 3.8) is 0 Å². The zero-order chi connectivity index (χ0) is 26.1. The lowest BCUT2D eigenvalue weighted by Crippen LogP contribution is -2.30. The number of fused-ring (bicyclic) bond motifs is 1. The van der Waals surface area contributed by atoms with Crippen LogP contribution in [0.2, 0.25) is 0 Å². The molecule has 0 bridgehead atoms. The number of imide groups is 1. The summed E-state index contributed by atoms with van der Waals surface area (Å²) in [5.41, 5.74) is 3.29. The van der Waals surface area contributed by atoms with Gasteiger partial charge in [0.05, 0.1) is 34.2 Å². The van der Waals surface area contributed by atoms with E-state index in [9.17, 15) is 14.7 Å². The number of hydrogen-bond donors (Lipinski definition) is 4. The summed E-state index contributed by atoms with van der Waals surface area (Å²) in [5, 5.41) is 19.8. The number of benzene rings is 2. The van der Waals surface area contributed by atoms with Gasteiger partial charge in [-0.25, -0.2) is 19.7 Å². The molecule has 194 valence electrons. The Morgan fingerprint density at radius 3 is 2.58 bits per heavy atom. The number of amides is 3. The van der Waals surface area contributed by atoms with E-state index >= 15 is 0 Å². The molecular formula is C27H27N7O3S. The van der Waals surface area contributed by atoms with Gasteiger partial charge < -0.3 is 21.1 Å². The molecule has 4 aromatic rings. The van der Waals surface area contributed by atoms with E-state index in [0.717, 1.165) is 52.1 Å². The molecule has 2 aromatic carbocycles.